The number of benzene rings is 1. The van der Waals surface area contributed by atoms with Crippen molar-refractivity contribution < 1.29 is 55.8 Å². The van der Waals surface area contributed by atoms with Crippen LogP contribution in [0.5, 0.6) is 0 Å². The summed E-state index contributed by atoms with van der Waals surface area (Å²) < 4.78 is 12.0. The number of halogens is 2. The fourth-order valence-corrected chi connectivity index (χ4v) is 0.571. The van der Waals surface area contributed by atoms with E-state index < -0.39 is 5.82 Å². The summed E-state index contributed by atoms with van der Waals surface area (Å²) in [5.41, 5.74) is 0. The average Bonchev–Trinajstić information content (AvgIpc) is 1.91. The Kier molecular flexibility index (Phi) is 12.2. The molecule has 1 rings (SSSR count). The molecule has 11 heavy (non-hydrogen) atoms. The van der Waals surface area contributed by atoms with Gasteiger partial charge in [-0.3, -0.25) is 0 Å². The van der Waals surface area contributed by atoms with Gasteiger partial charge >= 0.3 is 51.4 Å². The first-order valence-electron chi connectivity index (χ1n) is 3.12. The van der Waals surface area contributed by atoms with Crippen LogP contribution in [0.25, 0.3) is 0 Å². The third kappa shape index (κ3) is 7.44. The van der Waals surface area contributed by atoms with E-state index in [1.807, 2.05) is 13.8 Å². The van der Waals surface area contributed by atoms with Crippen LogP contribution in [0.2, 0.25) is 5.02 Å². The van der Waals surface area contributed by atoms with E-state index in [1.54, 1.807) is 6.07 Å². The predicted molar refractivity (Wildman–Crippen MR) is 41.6 cm³/mol. The molecule has 0 aliphatic heterocycles. The van der Waals surface area contributed by atoms with Gasteiger partial charge in [-0.2, -0.15) is 12.1 Å². The number of hydrogen-bond acceptors (Lipinski definition) is 0. The SMILES string of the molecule is CC.Fc1[c-]ccc(Cl)c1.[K+]. The van der Waals surface area contributed by atoms with Crippen LogP contribution in [0.3, 0.4) is 0 Å². The molecule has 0 amide bonds. The first-order valence-corrected chi connectivity index (χ1v) is 3.49. The molecule has 0 atom stereocenters. The van der Waals surface area contributed by atoms with Crippen molar-refractivity contribution >= 4 is 11.6 Å². The van der Waals surface area contributed by atoms with Crippen LogP contribution in [0.4, 0.5) is 4.39 Å². The molecule has 0 N–H and O–H groups in total. The van der Waals surface area contributed by atoms with Gasteiger partial charge in [0.2, 0.25) is 0 Å². The van der Waals surface area contributed by atoms with Gasteiger partial charge in [0, 0.05) is 5.82 Å². The van der Waals surface area contributed by atoms with Crippen LogP contribution < -0.4 is 51.4 Å². The minimum absolute atomic E-state index is 0. The molecule has 0 fully saturated rings. The van der Waals surface area contributed by atoms with Crippen LogP contribution in [-0.2, 0) is 0 Å². The fourth-order valence-electron chi connectivity index (χ4n) is 0.412. The smallest absolute Gasteiger partial charge is 0.236 e. The van der Waals surface area contributed by atoms with Gasteiger partial charge in [-0.1, -0.05) is 18.9 Å². The van der Waals surface area contributed by atoms with Crippen molar-refractivity contribution in [1.29, 1.82) is 0 Å². The van der Waals surface area contributed by atoms with Crippen molar-refractivity contribution in [2.24, 2.45) is 0 Å². The van der Waals surface area contributed by atoms with Crippen LogP contribution in [-0.4, -0.2) is 0 Å². The second-order valence-corrected chi connectivity index (χ2v) is 1.79. The summed E-state index contributed by atoms with van der Waals surface area (Å²) in [4.78, 5) is 0. The molecule has 3 heteroatoms. The normalized spacial score (nSPS) is 7.27. The van der Waals surface area contributed by atoms with Gasteiger partial charge in [0.1, 0.15) is 0 Å². The Hall–Kier alpha value is 1.08. The minimum Gasteiger partial charge on any atom is -0.236 e. The minimum atomic E-state index is -0.419. The maximum Gasteiger partial charge on any atom is 1.00 e. The first-order chi connectivity index (χ1) is 4.79. The molecule has 56 valence electrons. The molecule has 0 aromatic heterocycles. The molecule has 0 unspecified atom stereocenters. The molecule has 0 saturated heterocycles. The fraction of sp³-hybridized carbons (Fsp3) is 0.250. The summed E-state index contributed by atoms with van der Waals surface area (Å²) in [6.45, 7) is 4.00. The molecule has 0 heterocycles. The molecule has 0 radical (unpaired) electrons. The van der Waals surface area contributed by atoms with Crippen molar-refractivity contribution in [3.8, 4) is 0 Å². The standard InChI is InChI=1S/C6H3ClF.C2H6.K/c7-5-2-1-3-6(8)4-5;1-2;/h1-2,4H;1-2H3;/q-1;;+1. The molecule has 0 spiro atoms. The Morgan fingerprint density at radius 2 is 2.00 bits per heavy atom. The van der Waals surface area contributed by atoms with Crippen molar-refractivity contribution in [3.63, 3.8) is 0 Å². The van der Waals surface area contributed by atoms with E-state index >= 15 is 0 Å². The topological polar surface area (TPSA) is 0 Å². The Labute approximate surface area is 115 Å². The van der Waals surface area contributed by atoms with E-state index in [4.69, 9.17) is 11.6 Å². The summed E-state index contributed by atoms with van der Waals surface area (Å²) >= 11 is 5.38. The van der Waals surface area contributed by atoms with Gasteiger partial charge in [0.15, 0.2) is 0 Å². The van der Waals surface area contributed by atoms with Crippen LogP contribution in [0, 0.1) is 11.9 Å². The van der Waals surface area contributed by atoms with Crippen molar-refractivity contribution in [2.75, 3.05) is 0 Å². The summed E-state index contributed by atoms with van der Waals surface area (Å²) in [5, 5.41) is 0.404. The molecule has 0 bridgehead atoms. The van der Waals surface area contributed by atoms with E-state index in [-0.39, 0.29) is 51.4 Å². The average molecular weight is 199 g/mol. The predicted octanol–water partition coefficient (Wildman–Crippen LogP) is 0.309. The first kappa shape index (κ1) is 14.6. The summed E-state index contributed by atoms with van der Waals surface area (Å²) in [7, 11) is 0. The second kappa shape index (κ2) is 9.17. The van der Waals surface area contributed by atoms with E-state index in [1.165, 1.54) is 12.1 Å². The van der Waals surface area contributed by atoms with E-state index in [2.05, 4.69) is 6.07 Å². The summed E-state index contributed by atoms with van der Waals surface area (Å²) in [6.07, 6.45) is 0. The molecular formula is C8H9ClFK. The Balaban J connectivity index is 0. The van der Waals surface area contributed by atoms with Gasteiger partial charge in [-0.05, 0) is 0 Å². The third-order valence-electron chi connectivity index (χ3n) is 0.728. The number of hydrogen-bond donors (Lipinski definition) is 0. The van der Waals surface area contributed by atoms with Crippen LogP contribution >= 0.6 is 11.6 Å². The monoisotopic (exact) mass is 198 g/mol. The van der Waals surface area contributed by atoms with Crippen molar-refractivity contribution in [3.05, 3.63) is 35.1 Å². The van der Waals surface area contributed by atoms with Crippen molar-refractivity contribution in [1.82, 2.24) is 0 Å². The summed E-state index contributed by atoms with van der Waals surface area (Å²) in [5.74, 6) is -0.419. The van der Waals surface area contributed by atoms with Gasteiger partial charge in [0.05, 0.1) is 0 Å². The van der Waals surface area contributed by atoms with E-state index in [0.29, 0.717) is 5.02 Å². The van der Waals surface area contributed by atoms with E-state index in [0.717, 1.165) is 0 Å². The zero-order valence-corrected chi connectivity index (χ0v) is 10.9. The third-order valence-corrected chi connectivity index (χ3v) is 0.963. The molecule has 1 aromatic rings. The largest absolute Gasteiger partial charge is 1.00 e. The molecule has 0 aliphatic carbocycles. The van der Waals surface area contributed by atoms with Crippen LogP contribution in [0.15, 0.2) is 18.2 Å². The zero-order valence-electron chi connectivity index (χ0n) is 6.99. The quantitative estimate of drug-likeness (QED) is 0.416. The van der Waals surface area contributed by atoms with Gasteiger partial charge < -0.3 is 0 Å². The van der Waals surface area contributed by atoms with Gasteiger partial charge in [0.25, 0.3) is 0 Å². The van der Waals surface area contributed by atoms with Gasteiger partial charge in [-0.25, -0.2) is 4.39 Å². The van der Waals surface area contributed by atoms with Crippen molar-refractivity contribution in [2.45, 2.75) is 13.8 Å². The molecule has 0 nitrogen and oxygen atoms in total. The molecule has 0 saturated carbocycles. The Morgan fingerprint density at radius 3 is 2.27 bits per heavy atom. The second-order valence-electron chi connectivity index (χ2n) is 1.35. The maximum absolute atomic E-state index is 12.0. The summed E-state index contributed by atoms with van der Waals surface area (Å²) in [6, 6.07) is 6.55. The molecule has 0 aliphatic rings. The maximum atomic E-state index is 12.0. The molecule has 1 aromatic carbocycles. The van der Waals surface area contributed by atoms with Gasteiger partial charge in [-0.15, -0.1) is 23.7 Å². The Bertz CT molecular complexity index is 174. The van der Waals surface area contributed by atoms with Crippen LogP contribution in [0.1, 0.15) is 13.8 Å². The number of rotatable bonds is 0. The Morgan fingerprint density at radius 1 is 1.45 bits per heavy atom. The zero-order chi connectivity index (χ0) is 7.98. The molecular weight excluding hydrogens is 190 g/mol. The van der Waals surface area contributed by atoms with E-state index in [9.17, 15) is 4.39 Å².